The van der Waals surface area contributed by atoms with E-state index in [9.17, 15) is 28.5 Å². The first kappa shape index (κ1) is 29.1. The fraction of sp³-hybridized carbons (Fsp3) is 0.219. The number of benzene rings is 4. The van der Waals surface area contributed by atoms with Crippen molar-refractivity contribution in [3.05, 3.63) is 125 Å². The zero-order valence-electron chi connectivity index (χ0n) is 23.1. The number of phenols is 2. The van der Waals surface area contributed by atoms with Crippen LogP contribution in [0.4, 0.5) is 4.79 Å². The van der Waals surface area contributed by atoms with Gasteiger partial charge in [-0.1, -0.05) is 72.3 Å². The largest absolute Gasteiger partial charge is 0.508 e. The van der Waals surface area contributed by atoms with Crippen molar-refractivity contribution < 1.29 is 28.5 Å². The Morgan fingerprint density at radius 1 is 0.738 bits per heavy atom. The van der Waals surface area contributed by atoms with E-state index in [0.29, 0.717) is 11.1 Å². The van der Waals surface area contributed by atoms with E-state index < -0.39 is 28.2 Å². The number of carbonyl (C=O) groups is 1. The van der Waals surface area contributed by atoms with Crippen molar-refractivity contribution in [2.75, 3.05) is 6.54 Å². The molecule has 0 aromatic heterocycles. The average molecular weight is 588 g/mol. The highest BCUT2D eigenvalue weighted by atomic mass is 32.2. The van der Waals surface area contributed by atoms with Gasteiger partial charge >= 0.3 is 6.03 Å². The minimum Gasteiger partial charge on any atom is -0.508 e. The maximum absolute atomic E-state index is 14.5. The van der Waals surface area contributed by atoms with Crippen LogP contribution in [-0.4, -0.2) is 62.8 Å². The molecule has 1 aliphatic heterocycles. The van der Waals surface area contributed by atoms with Crippen LogP contribution >= 0.6 is 0 Å². The van der Waals surface area contributed by atoms with E-state index in [1.54, 1.807) is 36.4 Å². The Kier molecular flexibility index (Phi) is 8.49. The highest BCUT2D eigenvalue weighted by Crippen LogP contribution is 2.29. The summed E-state index contributed by atoms with van der Waals surface area (Å²) in [6.45, 7) is 1.44. The minimum atomic E-state index is -4.27. The number of nitrogens with zero attached hydrogens (tertiary/aromatic N) is 3. The third kappa shape index (κ3) is 6.41. The lowest BCUT2D eigenvalue weighted by Crippen LogP contribution is -2.52. The van der Waals surface area contributed by atoms with E-state index in [1.165, 1.54) is 41.3 Å². The maximum atomic E-state index is 14.5. The lowest BCUT2D eigenvalue weighted by atomic mass is 9.99. The van der Waals surface area contributed by atoms with Crippen molar-refractivity contribution in [1.29, 1.82) is 0 Å². The number of phenolic OH excluding ortho intramolecular Hbond substituents is 2. The second-order valence-corrected chi connectivity index (χ2v) is 12.3. The van der Waals surface area contributed by atoms with Crippen LogP contribution in [0.1, 0.15) is 22.3 Å². The molecule has 1 aliphatic rings. The standard InChI is InChI=1S/C32H33N3O6S/c1-23-7-17-29(18-8-23)42(40,41)35-22-31(38)30(19-24-5-3-2-4-6-24)33(20-25-9-13-27(36)14-10-25)32(39)34(35)21-26-11-15-28(37)16-12-26/h2-18,30-31,36-38H,19-22H2,1H3/t30-,31-/m1/s1. The molecule has 218 valence electrons. The number of hydrazine groups is 1. The smallest absolute Gasteiger partial charge is 0.336 e. The molecule has 5 rings (SSSR count). The number of carbonyl (C=O) groups excluding carboxylic acids is 1. The fourth-order valence-corrected chi connectivity index (χ4v) is 6.50. The van der Waals surface area contributed by atoms with Crippen LogP contribution in [0.2, 0.25) is 0 Å². The number of hydrogen-bond acceptors (Lipinski definition) is 6. The number of aliphatic hydroxyl groups excluding tert-OH is 1. The van der Waals surface area contributed by atoms with Gasteiger partial charge in [-0.3, -0.25) is 0 Å². The summed E-state index contributed by atoms with van der Waals surface area (Å²) < 4.78 is 29.2. The zero-order chi connectivity index (χ0) is 29.9. The zero-order valence-corrected chi connectivity index (χ0v) is 23.9. The van der Waals surface area contributed by atoms with Crippen LogP contribution in [0.5, 0.6) is 11.5 Å². The first-order chi connectivity index (χ1) is 20.1. The molecule has 2 atom stereocenters. The Balaban J connectivity index is 1.62. The summed E-state index contributed by atoms with van der Waals surface area (Å²) in [5.41, 5.74) is 3.05. The third-order valence-corrected chi connectivity index (χ3v) is 9.13. The van der Waals surface area contributed by atoms with Gasteiger partial charge in [-0.2, -0.15) is 0 Å². The first-order valence-corrected chi connectivity index (χ1v) is 15.0. The molecule has 9 nitrogen and oxygen atoms in total. The molecule has 2 amide bonds. The van der Waals surface area contributed by atoms with Crippen LogP contribution in [0.3, 0.4) is 0 Å². The quantitative estimate of drug-likeness (QED) is 0.281. The lowest BCUT2D eigenvalue weighted by Gasteiger charge is -2.35. The average Bonchev–Trinajstić information content (AvgIpc) is 3.07. The second kappa shape index (κ2) is 12.2. The molecule has 4 aromatic rings. The van der Waals surface area contributed by atoms with Gasteiger partial charge in [-0.15, -0.1) is 4.41 Å². The van der Waals surface area contributed by atoms with E-state index >= 15 is 0 Å². The van der Waals surface area contributed by atoms with Gasteiger partial charge in [-0.25, -0.2) is 18.2 Å². The molecule has 1 fully saturated rings. The van der Waals surface area contributed by atoms with E-state index in [4.69, 9.17) is 0 Å². The first-order valence-electron chi connectivity index (χ1n) is 13.6. The van der Waals surface area contributed by atoms with Gasteiger partial charge < -0.3 is 20.2 Å². The number of sulfonamides is 1. The van der Waals surface area contributed by atoms with Crippen molar-refractivity contribution in [3.8, 4) is 11.5 Å². The number of aryl methyl sites for hydroxylation is 1. The Labute approximate surface area is 245 Å². The van der Waals surface area contributed by atoms with Crippen molar-refractivity contribution in [1.82, 2.24) is 14.3 Å². The van der Waals surface area contributed by atoms with E-state index in [0.717, 1.165) is 20.6 Å². The predicted octanol–water partition coefficient (Wildman–Crippen LogP) is 4.42. The Bertz CT molecular complexity index is 1610. The lowest BCUT2D eigenvalue weighted by molar-refractivity contribution is 0.0549. The predicted molar refractivity (Wildman–Crippen MR) is 158 cm³/mol. The van der Waals surface area contributed by atoms with Gasteiger partial charge in [0.15, 0.2) is 0 Å². The maximum Gasteiger partial charge on any atom is 0.336 e. The third-order valence-electron chi connectivity index (χ3n) is 7.37. The minimum absolute atomic E-state index is 0.00426. The molecule has 0 bridgehead atoms. The number of hydrogen-bond donors (Lipinski definition) is 3. The Hall–Kier alpha value is -4.38. The number of urea groups is 1. The van der Waals surface area contributed by atoms with Gasteiger partial charge in [0.1, 0.15) is 11.5 Å². The van der Waals surface area contributed by atoms with E-state index in [-0.39, 0.29) is 42.4 Å². The number of aliphatic hydroxyl groups is 1. The molecule has 0 saturated carbocycles. The monoisotopic (exact) mass is 587 g/mol. The number of β-amino-alcohol motifs (C(OH)–C–C–N with tert-alkyl or cyclic N) is 1. The summed E-state index contributed by atoms with van der Waals surface area (Å²) in [6, 6.07) is 27.0. The van der Waals surface area contributed by atoms with Crippen LogP contribution < -0.4 is 0 Å². The molecule has 0 unspecified atom stereocenters. The topological polar surface area (TPSA) is 122 Å². The van der Waals surface area contributed by atoms with Crippen LogP contribution in [0.15, 0.2) is 108 Å². The molecule has 0 spiro atoms. The summed E-state index contributed by atoms with van der Waals surface area (Å²) in [6.07, 6.45) is -0.951. The normalized spacial score (nSPS) is 18.2. The molecular weight excluding hydrogens is 554 g/mol. The highest BCUT2D eigenvalue weighted by molar-refractivity contribution is 7.89. The molecule has 0 radical (unpaired) electrons. The Morgan fingerprint density at radius 2 is 1.29 bits per heavy atom. The van der Waals surface area contributed by atoms with Gasteiger partial charge in [0.05, 0.1) is 30.1 Å². The van der Waals surface area contributed by atoms with E-state index in [1.807, 2.05) is 37.3 Å². The van der Waals surface area contributed by atoms with Crippen LogP contribution in [-0.2, 0) is 29.5 Å². The van der Waals surface area contributed by atoms with Crippen molar-refractivity contribution in [3.63, 3.8) is 0 Å². The molecule has 42 heavy (non-hydrogen) atoms. The summed E-state index contributed by atoms with van der Waals surface area (Å²) in [4.78, 5) is 16.0. The summed E-state index contributed by atoms with van der Waals surface area (Å²) in [7, 11) is -4.27. The van der Waals surface area contributed by atoms with Crippen molar-refractivity contribution in [2.24, 2.45) is 0 Å². The summed E-state index contributed by atoms with van der Waals surface area (Å²) in [5.74, 6) is 0.114. The number of rotatable bonds is 8. The van der Waals surface area contributed by atoms with Gasteiger partial charge in [0.2, 0.25) is 0 Å². The molecule has 4 aromatic carbocycles. The number of aromatic hydroxyl groups is 2. The van der Waals surface area contributed by atoms with Crippen LogP contribution in [0.25, 0.3) is 0 Å². The fourth-order valence-electron chi connectivity index (χ4n) is 5.04. The molecule has 0 aliphatic carbocycles. The molecule has 10 heteroatoms. The van der Waals surface area contributed by atoms with Crippen molar-refractivity contribution >= 4 is 16.1 Å². The molecule has 1 saturated heterocycles. The SMILES string of the molecule is Cc1ccc(S(=O)(=O)N2C[C@@H](O)[C@@H](Cc3ccccc3)N(Cc3ccc(O)cc3)C(=O)N2Cc2ccc(O)cc2)cc1. The summed E-state index contributed by atoms with van der Waals surface area (Å²) in [5, 5.41) is 32.4. The van der Waals surface area contributed by atoms with Crippen molar-refractivity contribution in [2.45, 2.75) is 43.5 Å². The Morgan fingerprint density at radius 3 is 1.86 bits per heavy atom. The highest BCUT2D eigenvalue weighted by Gasteiger charge is 2.44. The molecular formula is C32H33N3O6S. The van der Waals surface area contributed by atoms with E-state index in [2.05, 4.69) is 0 Å². The van der Waals surface area contributed by atoms with Gasteiger partial charge in [0.25, 0.3) is 10.0 Å². The number of amides is 2. The van der Waals surface area contributed by atoms with Crippen LogP contribution in [0, 0.1) is 6.92 Å². The molecule has 3 N–H and O–H groups in total. The second-order valence-electron chi connectivity index (χ2n) is 10.4. The summed E-state index contributed by atoms with van der Waals surface area (Å²) >= 11 is 0. The molecule has 1 heterocycles. The van der Waals surface area contributed by atoms with Gasteiger partial charge in [0, 0.05) is 6.54 Å². The van der Waals surface area contributed by atoms with Gasteiger partial charge in [-0.05, 0) is 66.4 Å².